The van der Waals surface area contributed by atoms with Gasteiger partial charge in [0, 0.05) is 22.2 Å². The highest BCUT2D eigenvalue weighted by atomic mass is 16.5. The molecule has 0 amide bonds. The molecule has 2 heterocycles. The largest absolute Gasteiger partial charge is 0.464 e. The molecule has 1 N–H and O–H groups in total. The molecule has 128 valence electrons. The third kappa shape index (κ3) is 2.73. The Bertz CT molecular complexity index is 1070. The van der Waals surface area contributed by atoms with Crippen LogP contribution in [0.5, 0.6) is 0 Å². The summed E-state index contributed by atoms with van der Waals surface area (Å²) < 4.78 is 17.4. The van der Waals surface area contributed by atoms with E-state index in [0.29, 0.717) is 7.48 Å². The molecule has 0 fully saturated rings. The number of hydrogen-bond acceptors (Lipinski definition) is 4. The molecule has 0 aliphatic rings. The van der Waals surface area contributed by atoms with E-state index in [1.54, 1.807) is 20.1 Å². The maximum Gasteiger partial charge on any atom is 0.309 e. The van der Waals surface area contributed by atoms with Crippen molar-refractivity contribution in [1.82, 2.24) is 0 Å². The van der Waals surface area contributed by atoms with Gasteiger partial charge in [-0.15, -0.1) is 0 Å². The molecule has 0 aliphatic heterocycles. The fraction of sp³-hybridized carbons (Fsp3) is 0.300. The van der Waals surface area contributed by atoms with Crippen LogP contribution in [0.2, 0.25) is 0 Å². The van der Waals surface area contributed by atoms with Gasteiger partial charge >= 0.3 is 7.48 Å². The molecule has 4 rings (SSSR count). The molecule has 0 saturated carbocycles. The quantitative estimate of drug-likeness (QED) is 0.575. The summed E-state index contributed by atoms with van der Waals surface area (Å²) in [5.41, 5.74) is 1.94. The van der Waals surface area contributed by atoms with E-state index in [2.05, 4.69) is 12.1 Å². The van der Waals surface area contributed by atoms with Gasteiger partial charge in [0.2, 0.25) is 0 Å². The highest BCUT2D eigenvalue weighted by Gasteiger charge is 2.35. The summed E-state index contributed by atoms with van der Waals surface area (Å²) in [7, 11) is 0.424. The molecule has 0 bridgehead atoms. The molecular weight excluding hydrogens is 315 g/mol. The third-order valence-corrected chi connectivity index (χ3v) is 5.18. The molecular formula is C20H21BO4. The molecule has 5 heteroatoms. The first kappa shape index (κ1) is 16.2. The third-order valence-electron chi connectivity index (χ3n) is 5.18. The van der Waals surface area contributed by atoms with Crippen molar-refractivity contribution in [3.05, 3.63) is 42.7 Å². The topological polar surface area (TPSA) is 55.7 Å². The predicted molar refractivity (Wildman–Crippen MR) is 102 cm³/mol. The number of benzene rings is 2. The van der Waals surface area contributed by atoms with E-state index >= 15 is 0 Å². The number of fused-ring (bicyclic) bond motifs is 4. The van der Waals surface area contributed by atoms with E-state index in [9.17, 15) is 5.11 Å². The molecule has 25 heavy (non-hydrogen) atoms. The fourth-order valence-corrected chi connectivity index (χ4v) is 2.81. The molecule has 0 saturated heterocycles. The first-order valence-corrected chi connectivity index (χ1v) is 8.43. The van der Waals surface area contributed by atoms with Gasteiger partial charge in [0.05, 0.1) is 17.5 Å². The van der Waals surface area contributed by atoms with Gasteiger partial charge < -0.3 is 18.6 Å². The van der Waals surface area contributed by atoms with Crippen molar-refractivity contribution in [2.75, 3.05) is 0 Å². The Kier molecular flexibility index (Phi) is 3.50. The lowest BCUT2D eigenvalue weighted by Crippen LogP contribution is -2.49. The smallest absolute Gasteiger partial charge is 0.309 e. The predicted octanol–water partition coefficient (Wildman–Crippen LogP) is 3.88. The molecule has 0 aliphatic carbocycles. The van der Waals surface area contributed by atoms with Crippen LogP contribution in [-0.4, -0.2) is 23.8 Å². The Morgan fingerprint density at radius 3 is 2.44 bits per heavy atom. The summed E-state index contributed by atoms with van der Waals surface area (Å²) in [6, 6.07) is 12.0. The average molecular weight is 336 g/mol. The van der Waals surface area contributed by atoms with Gasteiger partial charge in [0.1, 0.15) is 16.7 Å². The summed E-state index contributed by atoms with van der Waals surface area (Å²) in [4.78, 5) is 0. The van der Waals surface area contributed by atoms with Crippen LogP contribution in [0.1, 0.15) is 27.7 Å². The van der Waals surface area contributed by atoms with Crippen LogP contribution in [-0.2, 0) is 4.65 Å². The number of rotatable bonds is 4. The normalized spacial score (nSPS) is 13.2. The summed E-state index contributed by atoms with van der Waals surface area (Å²) >= 11 is 0. The van der Waals surface area contributed by atoms with Gasteiger partial charge in [-0.3, -0.25) is 0 Å². The van der Waals surface area contributed by atoms with E-state index in [-0.39, 0.29) is 0 Å². The lowest BCUT2D eigenvalue weighted by atomic mass is 9.82. The Labute approximate surface area is 146 Å². The van der Waals surface area contributed by atoms with E-state index in [4.69, 9.17) is 13.5 Å². The highest BCUT2D eigenvalue weighted by Crippen LogP contribution is 2.32. The zero-order valence-corrected chi connectivity index (χ0v) is 14.9. The number of hydrogen-bond donors (Lipinski definition) is 1. The van der Waals surface area contributed by atoms with Crippen molar-refractivity contribution >= 4 is 45.9 Å². The van der Waals surface area contributed by atoms with E-state index in [0.717, 1.165) is 38.4 Å². The molecule has 0 unspecified atom stereocenters. The lowest BCUT2D eigenvalue weighted by Gasteiger charge is -2.37. The van der Waals surface area contributed by atoms with Crippen LogP contribution in [0.15, 0.2) is 51.5 Å². The van der Waals surface area contributed by atoms with E-state index in [1.165, 1.54) is 0 Å². The molecule has 4 aromatic rings. The Balaban J connectivity index is 1.72. The van der Waals surface area contributed by atoms with Gasteiger partial charge in [-0.2, -0.15) is 0 Å². The van der Waals surface area contributed by atoms with Crippen molar-refractivity contribution in [3.63, 3.8) is 0 Å². The van der Waals surface area contributed by atoms with Crippen LogP contribution >= 0.6 is 0 Å². The molecule has 0 atom stereocenters. The second kappa shape index (κ2) is 5.38. The first-order valence-electron chi connectivity index (χ1n) is 8.43. The molecule has 4 nitrogen and oxygen atoms in total. The first-order chi connectivity index (χ1) is 11.7. The summed E-state index contributed by atoms with van der Waals surface area (Å²) in [5.74, 6) is 0. The minimum absolute atomic E-state index is 0.424. The van der Waals surface area contributed by atoms with Crippen LogP contribution in [0.3, 0.4) is 0 Å². The summed E-state index contributed by atoms with van der Waals surface area (Å²) in [6.07, 6.45) is 1.68. The second-order valence-corrected chi connectivity index (χ2v) is 7.60. The van der Waals surface area contributed by atoms with Crippen molar-refractivity contribution in [3.8, 4) is 0 Å². The Morgan fingerprint density at radius 2 is 1.68 bits per heavy atom. The lowest BCUT2D eigenvalue weighted by molar-refractivity contribution is -0.0893. The monoisotopic (exact) mass is 336 g/mol. The molecule has 0 radical (unpaired) electrons. The number of furan rings is 2. The van der Waals surface area contributed by atoms with E-state index < -0.39 is 11.2 Å². The standard InChI is InChI=1S/C20H21BO4/c1-19(2,22)20(3,4)25-21-13-5-6-16-15(10-13)14-9-12-7-8-23-17(12)11-18(14)24-16/h5-11,21-22H,1-4H3. The van der Waals surface area contributed by atoms with Crippen LogP contribution in [0, 0.1) is 0 Å². The van der Waals surface area contributed by atoms with Crippen molar-refractivity contribution in [2.24, 2.45) is 0 Å². The second-order valence-electron chi connectivity index (χ2n) is 7.60. The SMILES string of the molecule is CC(C)(O)C(C)(C)OBc1ccc2oc3cc4occc4cc3c2c1. The van der Waals surface area contributed by atoms with Gasteiger partial charge in [-0.1, -0.05) is 17.6 Å². The minimum atomic E-state index is -0.924. The summed E-state index contributed by atoms with van der Waals surface area (Å²) in [5, 5.41) is 13.4. The fourth-order valence-electron chi connectivity index (χ4n) is 2.81. The van der Waals surface area contributed by atoms with Gasteiger partial charge in [0.15, 0.2) is 0 Å². The maximum absolute atomic E-state index is 10.2. The Morgan fingerprint density at radius 1 is 0.920 bits per heavy atom. The minimum Gasteiger partial charge on any atom is -0.464 e. The van der Waals surface area contributed by atoms with E-state index in [1.807, 2.05) is 38.1 Å². The molecule has 0 spiro atoms. The van der Waals surface area contributed by atoms with Crippen LogP contribution < -0.4 is 5.46 Å². The highest BCUT2D eigenvalue weighted by molar-refractivity contribution is 6.47. The molecule has 2 aromatic heterocycles. The van der Waals surface area contributed by atoms with Gasteiger partial charge in [0.25, 0.3) is 0 Å². The average Bonchev–Trinajstić information content (AvgIpc) is 3.12. The zero-order valence-electron chi connectivity index (χ0n) is 14.9. The van der Waals surface area contributed by atoms with Crippen molar-refractivity contribution in [1.29, 1.82) is 0 Å². The zero-order chi connectivity index (χ0) is 17.8. The molecule has 2 aromatic carbocycles. The van der Waals surface area contributed by atoms with Crippen molar-refractivity contribution in [2.45, 2.75) is 38.9 Å². The Hall–Kier alpha value is -2.24. The number of aliphatic hydroxyl groups is 1. The van der Waals surface area contributed by atoms with Gasteiger partial charge in [-0.25, -0.2) is 0 Å². The summed E-state index contributed by atoms with van der Waals surface area (Å²) in [6.45, 7) is 7.31. The van der Waals surface area contributed by atoms with Crippen LogP contribution in [0.25, 0.3) is 32.9 Å². The van der Waals surface area contributed by atoms with Crippen LogP contribution in [0.4, 0.5) is 0 Å². The maximum atomic E-state index is 10.2. The van der Waals surface area contributed by atoms with Gasteiger partial charge in [-0.05, 0) is 45.9 Å². The van der Waals surface area contributed by atoms with Crippen molar-refractivity contribution < 1.29 is 18.6 Å².